The van der Waals surface area contributed by atoms with Gasteiger partial charge in [-0.2, -0.15) is 12.6 Å². The lowest BCUT2D eigenvalue weighted by molar-refractivity contribution is -0.145. The molecule has 1 aromatic rings. The first-order valence-electron chi connectivity index (χ1n) is 13.5. The second kappa shape index (κ2) is 15.3. The van der Waals surface area contributed by atoms with Crippen molar-refractivity contribution in [3.63, 3.8) is 0 Å². The van der Waals surface area contributed by atoms with E-state index in [4.69, 9.17) is 4.74 Å². The smallest absolute Gasteiger partial charge is 0.408 e. The van der Waals surface area contributed by atoms with Crippen LogP contribution in [0.3, 0.4) is 0 Å². The molecule has 1 aromatic carbocycles. The van der Waals surface area contributed by atoms with Crippen molar-refractivity contribution in [2.24, 2.45) is 5.92 Å². The minimum atomic E-state index is -0.951. The highest BCUT2D eigenvalue weighted by atomic mass is 32.1. The van der Waals surface area contributed by atoms with Gasteiger partial charge in [-0.25, -0.2) is 4.79 Å². The van der Waals surface area contributed by atoms with Crippen LogP contribution in [0.1, 0.15) is 98.2 Å². The van der Waals surface area contributed by atoms with Gasteiger partial charge in [-0.1, -0.05) is 57.0 Å². The molecule has 0 saturated heterocycles. The van der Waals surface area contributed by atoms with Crippen LogP contribution in [0.15, 0.2) is 24.3 Å². The summed E-state index contributed by atoms with van der Waals surface area (Å²) < 4.78 is 5.39. The minimum Gasteiger partial charge on any atom is -0.444 e. The van der Waals surface area contributed by atoms with E-state index in [0.29, 0.717) is 5.92 Å². The Labute approximate surface area is 229 Å². The fraction of sp³-hybridized carbons (Fsp3) is 0.690. The first-order valence-corrected chi connectivity index (χ1v) is 14.1. The Morgan fingerprint density at radius 2 is 1.68 bits per heavy atom. The summed E-state index contributed by atoms with van der Waals surface area (Å²) >= 11 is 4.38. The maximum absolute atomic E-state index is 14.1. The third kappa shape index (κ3) is 11.4. The summed E-state index contributed by atoms with van der Waals surface area (Å²) in [5.41, 5.74) is 1.02. The second-order valence-corrected chi connectivity index (χ2v) is 11.8. The van der Waals surface area contributed by atoms with Crippen LogP contribution in [0.2, 0.25) is 0 Å². The van der Waals surface area contributed by atoms with Crippen LogP contribution in [0.5, 0.6) is 0 Å². The van der Waals surface area contributed by atoms with E-state index in [9.17, 15) is 14.4 Å². The van der Waals surface area contributed by atoms with Gasteiger partial charge in [0.2, 0.25) is 11.8 Å². The number of ether oxygens (including phenoxy) is 1. The van der Waals surface area contributed by atoms with Crippen LogP contribution in [0, 0.1) is 12.8 Å². The molecule has 0 radical (unpaired) electrons. The van der Waals surface area contributed by atoms with Crippen LogP contribution in [-0.4, -0.2) is 52.3 Å². The molecule has 0 bridgehead atoms. The molecule has 4 unspecified atom stereocenters. The van der Waals surface area contributed by atoms with Crippen molar-refractivity contribution in [3.05, 3.63) is 35.4 Å². The van der Waals surface area contributed by atoms with E-state index in [-0.39, 0.29) is 29.7 Å². The summed E-state index contributed by atoms with van der Waals surface area (Å²) in [6, 6.07) is 5.60. The Hall–Kier alpha value is -2.22. The highest BCUT2D eigenvalue weighted by Gasteiger charge is 2.38. The fourth-order valence-corrected chi connectivity index (χ4v) is 4.48. The van der Waals surface area contributed by atoms with Gasteiger partial charge in [0.25, 0.3) is 0 Å². The maximum Gasteiger partial charge on any atom is 0.408 e. The number of thiol groups is 1. The Morgan fingerprint density at radius 1 is 1.03 bits per heavy atom. The van der Waals surface area contributed by atoms with Crippen molar-refractivity contribution in [3.8, 4) is 0 Å². The molecule has 0 fully saturated rings. The lowest BCUT2D eigenvalue weighted by Crippen LogP contribution is -2.56. The molecule has 0 saturated carbocycles. The van der Waals surface area contributed by atoms with E-state index in [2.05, 4.69) is 44.0 Å². The molecule has 0 aliphatic heterocycles. The molecular weight excluding hydrogens is 486 g/mol. The number of benzene rings is 1. The summed E-state index contributed by atoms with van der Waals surface area (Å²) in [5, 5.41) is 5.80. The number of rotatable bonds is 13. The molecule has 1 rings (SSSR count). The number of carbonyl (C=O) groups is 3. The van der Waals surface area contributed by atoms with Crippen molar-refractivity contribution in [1.82, 2.24) is 15.5 Å². The second-order valence-electron chi connectivity index (χ2n) is 11.5. The third-order valence-electron chi connectivity index (χ3n) is 6.06. The van der Waals surface area contributed by atoms with Crippen LogP contribution in [-0.2, 0) is 14.3 Å². The van der Waals surface area contributed by atoms with Crippen molar-refractivity contribution in [2.45, 2.75) is 118 Å². The van der Waals surface area contributed by atoms with Gasteiger partial charge >= 0.3 is 6.09 Å². The molecule has 37 heavy (non-hydrogen) atoms. The van der Waals surface area contributed by atoms with Crippen molar-refractivity contribution in [1.29, 1.82) is 0 Å². The van der Waals surface area contributed by atoms with E-state index >= 15 is 0 Å². The minimum absolute atomic E-state index is 0.0340. The first kappa shape index (κ1) is 32.8. The summed E-state index contributed by atoms with van der Waals surface area (Å²) in [6.07, 6.45) is 2.69. The molecular formula is C29H49N3O4S. The molecule has 0 aliphatic rings. The largest absolute Gasteiger partial charge is 0.444 e. The van der Waals surface area contributed by atoms with Gasteiger partial charge in [0.1, 0.15) is 17.7 Å². The number of nitrogens with one attached hydrogen (secondary N) is 2. The number of nitrogens with zero attached hydrogens (tertiary/aromatic N) is 1. The van der Waals surface area contributed by atoms with E-state index in [1.165, 1.54) is 0 Å². The standard InChI is InChI=1S/C29H49N3O4S/c1-10-12-21(5)30-26(33)25(23-14-11-13-20(4)17-23)32(22(6)16-15-19(2)3)27(34)24(18-37)31-28(35)36-29(7,8)9/h11,13-14,17,19,21-22,24-25,37H,10,12,15-16,18H2,1-9H3,(H,30,33)(H,31,35). The normalized spacial score (nSPS) is 14.9. The molecule has 210 valence electrons. The van der Waals surface area contributed by atoms with Crippen molar-refractivity contribution >= 4 is 30.5 Å². The molecule has 3 amide bonds. The maximum atomic E-state index is 14.1. The van der Waals surface area contributed by atoms with Crippen LogP contribution < -0.4 is 10.6 Å². The number of carbonyl (C=O) groups excluding carboxylic acids is 3. The van der Waals surface area contributed by atoms with E-state index in [1.54, 1.807) is 25.7 Å². The van der Waals surface area contributed by atoms with Crippen LogP contribution in [0.25, 0.3) is 0 Å². The van der Waals surface area contributed by atoms with Gasteiger partial charge in [-0.05, 0) is 72.3 Å². The molecule has 7 nitrogen and oxygen atoms in total. The number of alkyl carbamates (subject to hydrolysis) is 1. The lowest BCUT2D eigenvalue weighted by Gasteiger charge is -2.39. The Bertz CT molecular complexity index is 884. The zero-order valence-electron chi connectivity index (χ0n) is 24.3. The highest BCUT2D eigenvalue weighted by molar-refractivity contribution is 7.80. The zero-order chi connectivity index (χ0) is 28.3. The number of hydrogen-bond donors (Lipinski definition) is 3. The summed E-state index contributed by atoms with van der Waals surface area (Å²) in [4.78, 5) is 42.1. The zero-order valence-corrected chi connectivity index (χ0v) is 25.2. The van der Waals surface area contributed by atoms with Gasteiger partial charge in [0.05, 0.1) is 0 Å². The van der Waals surface area contributed by atoms with Gasteiger partial charge in [-0.3, -0.25) is 9.59 Å². The Balaban J connectivity index is 3.52. The van der Waals surface area contributed by atoms with Gasteiger partial charge < -0.3 is 20.3 Å². The number of hydrogen-bond acceptors (Lipinski definition) is 5. The third-order valence-corrected chi connectivity index (χ3v) is 6.42. The van der Waals surface area contributed by atoms with Crippen molar-refractivity contribution in [2.75, 3.05) is 5.75 Å². The average Bonchev–Trinajstić information content (AvgIpc) is 2.77. The summed E-state index contributed by atoms with van der Waals surface area (Å²) in [7, 11) is 0. The quantitative estimate of drug-likeness (QED) is 0.278. The summed E-state index contributed by atoms with van der Waals surface area (Å²) in [6.45, 7) is 17.5. The van der Waals surface area contributed by atoms with Gasteiger partial charge in [0, 0.05) is 17.8 Å². The molecule has 0 spiro atoms. The summed E-state index contributed by atoms with van der Waals surface area (Å²) in [5.74, 6) is -0.0796. The van der Waals surface area contributed by atoms with E-state index < -0.39 is 23.8 Å². The molecule has 0 aliphatic carbocycles. The average molecular weight is 536 g/mol. The SMILES string of the molecule is CCCC(C)NC(=O)C(c1cccc(C)c1)N(C(=O)C(CS)NC(=O)OC(C)(C)C)C(C)CCC(C)C. The van der Waals surface area contributed by atoms with Crippen LogP contribution in [0.4, 0.5) is 4.79 Å². The van der Waals surface area contributed by atoms with E-state index in [0.717, 1.165) is 36.8 Å². The predicted octanol–water partition coefficient (Wildman–Crippen LogP) is 5.82. The molecule has 8 heteroatoms. The lowest BCUT2D eigenvalue weighted by atomic mass is 9.96. The molecule has 4 atom stereocenters. The number of amides is 3. The predicted molar refractivity (Wildman–Crippen MR) is 154 cm³/mol. The van der Waals surface area contributed by atoms with Crippen molar-refractivity contribution < 1.29 is 19.1 Å². The molecule has 0 aromatic heterocycles. The van der Waals surface area contributed by atoms with E-state index in [1.807, 2.05) is 45.0 Å². The van der Waals surface area contributed by atoms with Gasteiger partial charge in [-0.15, -0.1) is 0 Å². The monoisotopic (exact) mass is 535 g/mol. The Morgan fingerprint density at radius 3 is 2.19 bits per heavy atom. The molecule has 2 N–H and O–H groups in total. The highest BCUT2D eigenvalue weighted by Crippen LogP contribution is 2.28. The van der Waals surface area contributed by atoms with Crippen LogP contribution >= 0.6 is 12.6 Å². The Kier molecular flexibility index (Phi) is 13.5. The van der Waals surface area contributed by atoms with Gasteiger partial charge in [0.15, 0.2) is 0 Å². The first-order chi connectivity index (χ1) is 17.2. The topological polar surface area (TPSA) is 87.7 Å². The molecule has 0 heterocycles. The number of aryl methyl sites for hydroxylation is 1. The fourth-order valence-electron chi connectivity index (χ4n) is 4.23.